The number of fused-ring (bicyclic) bond motifs is 1. The van der Waals surface area contributed by atoms with Gasteiger partial charge in [0.1, 0.15) is 27.6 Å². The van der Waals surface area contributed by atoms with E-state index in [0.717, 1.165) is 29.3 Å². The molecule has 6 rings (SSSR count). The quantitative estimate of drug-likeness (QED) is 0.317. The third kappa shape index (κ3) is 7.75. The van der Waals surface area contributed by atoms with Gasteiger partial charge in [-0.15, -0.1) is 0 Å². The first-order valence-corrected chi connectivity index (χ1v) is 19.1. The minimum absolute atomic E-state index is 0.0718. The average Bonchev–Trinajstić information content (AvgIpc) is 3.05. The van der Waals surface area contributed by atoms with Gasteiger partial charge in [0.15, 0.2) is 0 Å². The molecule has 0 unspecified atom stereocenters. The highest BCUT2D eigenvalue weighted by atomic mass is 32.2. The number of carbonyl (C=O) groups excluding carboxylic acids is 1. The highest BCUT2D eigenvalue weighted by molar-refractivity contribution is 7.90. The standard InChI is InChI=1S/C36H46FN7O4S/c1-6-8-34(45)42-13-7-9-25(20-42)26-15-30(44-18-24(19-44)22-49(5,46)47)28-17-39-33(16-27(28)35(26)23(2)3)40-32-10-12-38-36(41-32)43-14-11-31(48-4)29(37)21-43/h10,12,15-17,23-25,29,31H,7,9,11,13-14,18-22H2,1-5H3,(H,38,39,40,41)/t25-,29-,31+/m0/s1. The Kier molecular flexibility index (Phi) is 10.3. The van der Waals surface area contributed by atoms with Gasteiger partial charge in [0, 0.05) is 81.4 Å². The first-order valence-electron chi connectivity index (χ1n) is 17.1. The number of alkyl halides is 1. The lowest BCUT2D eigenvalue weighted by atomic mass is 9.81. The highest BCUT2D eigenvalue weighted by Crippen LogP contribution is 2.43. The number of carbonyl (C=O) groups is 1. The molecular formula is C36H46FN7O4S. The van der Waals surface area contributed by atoms with Gasteiger partial charge >= 0.3 is 0 Å². The lowest BCUT2D eigenvalue weighted by Crippen LogP contribution is -2.49. The molecule has 0 aliphatic carbocycles. The lowest BCUT2D eigenvalue weighted by molar-refractivity contribution is -0.126. The van der Waals surface area contributed by atoms with Gasteiger partial charge in [0.25, 0.3) is 5.91 Å². The van der Waals surface area contributed by atoms with Crippen LogP contribution in [-0.4, -0.2) is 105 Å². The number of rotatable bonds is 9. The molecule has 1 amide bonds. The number of nitrogens with zero attached hydrogens (tertiary/aromatic N) is 6. The number of methoxy groups -OCH3 is 1. The number of hydrogen-bond acceptors (Lipinski definition) is 10. The van der Waals surface area contributed by atoms with E-state index in [1.54, 1.807) is 19.2 Å². The van der Waals surface area contributed by atoms with Crippen molar-refractivity contribution in [3.8, 4) is 11.8 Å². The molecule has 0 saturated carbocycles. The summed E-state index contributed by atoms with van der Waals surface area (Å²) < 4.78 is 44.0. The van der Waals surface area contributed by atoms with Crippen molar-refractivity contribution < 1.29 is 22.3 Å². The topological polar surface area (TPSA) is 121 Å². The van der Waals surface area contributed by atoms with E-state index >= 15 is 0 Å². The molecule has 3 fully saturated rings. The van der Waals surface area contributed by atoms with Gasteiger partial charge in [-0.3, -0.25) is 4.79 Å². The van der Waals surface area contributed by atoms with Crippen LogP contribution in [0.15, 0.2) is 30.6 Å². The Balaban J connectivity index is 1.36. The fraction of sp³-hybridized carbons (Fsp3) is 0.556. The summed E-state index contributed by atoms with van der Waals surface area (Å²) in [5.41, 5.74) is 3.43. The second-order valence-electron chi connectivity index (χ2n) is 13.9. The minimum Gasteiger partial charge on any atom is -0.378 e. The van der Waals surface area contributed by atoms with Gasteiger partial charge in [-0.25, -0.2) is 22.8 Å². The summed E-state index contributed by atoms with van der Waals surface area (Å²) in [5.74, 6) is 7.46. The maximum absolute atomic E-state index is 14.7. The average molecular weight is 692 g/mol. The molecule has 0 spiro atoms. The summed E-state index contributed by atoms with van der Waals surface area (Å²) in [6.45, 7) is 9.39. The number of nitrogens with one attached hydrogen (secondary N) is 1. The van der Waals surface area contributed by atoms with Crippen molar-refractivity contribution in [2.75, 3.05) is 73.5 Å². The first-order chi connectivity index (χ1) is 23.4. The van der Waals surface area contributed by atoms with E-state index in [0.29, 0.717) is 56.7 Å². The summed E-state index contributed by atoms with van der Waals surface area (Å²) in [6.07, 6.45) is 5.68. The molecule has 2 aromatic heterocycles. The number of likely N-dealkylation sites (tertiary alicyclic amines) is 1. The minimum atomic E-state index is -3.08. The van der Waals surface area contributed by atoms with E-state index in [9.17, 15) is 17.6 Å². The molecule has 5 heterocycles. The molecule has 0 radical (unpaired) electrons. The third-order valence-corrected chi connectivity index (χ3v) is 10.9. The van der Waals surface area contributed by atoms with Crippen molar-refractivity contribution >= 4 is 49.8 Å². The molecule has 3 saturated heterocycles. The molecule has 3 aliphatic heterocycles. The number of sulfone groups is 1. The molecule has 0 bridgehead atoms. The predicted molar refractivity (Wildman–Crippen MR) is 191 cm³/mol. The van der Waals surface area contributed by atoms with Crippen molar-refractivity contribution in [3.63, 3.8) is 0 Å². The smallest absolute Gasteiger partial charge is 0.298 e. The number of ether oxygens (including phenoxy) is 1. The van der Waals surface area contributed by atoms with E-state index in [1.165, 1.54) is 24.5 Å². The fourth-order valence-electron chi connectivity index (χ4n) is 7.59. The Morgan fingerprint density at radius 3 is 2.57 bits per heavy atom. The van der Waals surface area contributed by atoms with Crippen LogP contribution >= 0.6 is 0 Å². The van der Waals surface area contributed by atoms with Gasteiger partial charge in [0.2, 0.25) is 5.95 Å². The first kappa shape index (κ1) is 34.8. The maximum atomic E-state index is 14.7. The number of anilines is 4. The van der Waals surface area contributed by atoms with Crippen LogP contribution in [0.5, 0.6) is 0 Å². The molecule has 1 aromatic carbocycles. The van der Waals surface area contributed by atoms with Gasteiger partial charge in [-0.1, -0.05) is 19.8 Å². The number of amides is 1. The van der Waals surface area contributed by atoms with Crippen LogP contribution in [0.3, 0.4) is 0 Å². The predicted octanol–water partition coefficient (Wildman–Crippen LogP) is 4.67. The van der Waals surface area contributed by atoms with Gasteiger partial charge in [0.05, 0.1) is 18.4 Å². The number of piperidine rings is 2. The van der Waals surface area contributed by atoms with E-state index in [4.69, 9.17) is 14.7 Å². The Morgan fingerprint density at radius 1 is 1.08 bits per heavy atom. The molecule has 3 atom stereocenters. The van der Waals surface area contributed by atoms with Crippen molar-refractivity contribution in [1.82, 2.24) is 19.9 Å². The molecule has 13 heteroatoms. The van der Waals surface area contributed by atoms with Crippen LogP contribution in [0, 0.1) is 17.8 Å². The van der Waals surface area contributed by atoms with E-state index in [2.05, 4.69) is 53.0 Å². The van der Waals surface area contributed by atoms with E-state index in [1.807, 2.05) is 16.0 Å². The Bertz CT molecular complexity index is 1870. The molecule has 3 aliphatic rings. The second kappa shape index (κ2) is 14.5. The SMILES string of the molecule is CC#CC(=O)N1CCC[C@H](c2cc(N3CC(CS(C)(=O)=O)C3)c3cnc(Nc4ccnc(N5CC[C@@H](OC)[C@@H](F)C5)n4)cc3c2C(C)C)C1. The van der Waals surface area contributed by atoms with Crippen LogP contribution in [0.1, 0.15) is 63.0 Å². The highest BCUT2D eigenvalue weighted by Gasteiger charge is 2.34. The maximum Gasteiger partial charge on any atom is 0.298 e. The Hall–Kier alpha value is -4.02. The number of hydrogen-bond donors (Lipinski definition) is 1. The monoisotopic (exact) mass is 691 g/mol. The van der Waals surface area contributed by atoms with Crippen molar-refractivity contribution in [2.24, 2.45) is 5.92 Å². The zero-order chi connectivity index (χ0) is 34.9. The number of benzene rings is 1. The largest absolute Gasteiger partial charge is 0.378 e. The zero-order valence-electron chi connectivity index (χ0n) is 28.9. The van der Waals surface area contributed by atoms with Gasteiger partial charge < -0.3 is 24.8 Å². The second-order valence-corrected chi connectivity index (χ2v) is 16.1. The van der Waals surface area contributed by atoms with Gasteiger partial charge in [-0.05, 0) is 72.7 Å². The summed E-state index contributed by atoms with van der Waals surface area (Å²) >= 11 is 0. The molecule has 1 N–H and O–H groups in total. The van der Waals surface area contributed by atoms with Crippen LogP contribution in [0.25, 0.3) is 10.8 Å². The van der Waals surface area contributed by atoms with Gasteiger partial charge in [-0.2, -0.15) is 4.98 Å². The number of aromatic nitrogens is 3. The van der Waals surface area contributed by atoms with Crippen molar-refractivity contribution in [3.05, 3.63) is 41.7 Å². The lowest BCUT2D eigenvalue weighted by Gasteiger charge is -2.42. The number of pyridine rings is 1. The van der Waals surface area contributed by atoms with E-state index < -0.39 is 22.1 Å². The Labute approximate surface area is 288 Å². The van der Waals surface area contributed by atoms with Crippen LogP contribution in [-0.2, 0) is 19.4 Å². The summed E-state index contributed by atoms with van der Waals surface area (Å²) in [5, 5.41) is 5.41. The fourth-order valence-corrected chi connectivity index (χ4v) is 8.65. The Morgan fingerprint density at radius 2 is 1.88 bits per heavy atom. The van der Waals surface area contributed by atoms with Crippen molar-refractivity contribution in [2.45, 2.75) is 64.1 Å². The third-order valence-electron chi connectivity index (χ3n) is 9.83. The molecule has 262 valence electrons. The van der Waals surface area contributed by atoms with E-state index in [-0.39, 0.29) is 36.0 Å². The molecular weight excluding hydrogens is 646 g/mol. The van der Waals surface area contributed by atoms with Crippen molar-refractivity contribution in [1.29, 1.82) is 0 Å². The summed E-state index contributed by atoms with van der Waals surface area (Å²) in [6, 6.07) is 6.09. The number of halogens is 1. The van der Waals surface area contributed by atoms with Crippen LogP contribution in [0.4, 0.5) is 27.7 Å². The zero-order valence-corrected chi connectivity index (χ0v) is 29.8. The summed E-state index contributed by atoms with van der Waals surface area (Å²) in [4.78, 5) is 32.7. The summed E-state index contributed by atoms with van der Waals surface area (Å²) in [7, 11) is -1.54. The molecule has 11 nitrogen and oxygen atoms in total. The van der Waals surface area contributed by atoms with Crippen LogP contribution < -0.4 is 15.1 Å². The normalized spacial score (nSPS) is 21.8. The molecule has 3 aromatic rings. The molecule has 49 heavy (non-hydrogen) atoms. The van der Waals surface area contributed by atoms with Crippen LogP contribution in [0.2, 0.25) is 0 Å².